The van der Waals surface area contributed by atoms with Crippen LogP contribution in [0, 0.1) is 12.8 Å². The first kappa shape index (κ1) is 12.1. The van der Waals surface area contributed by atoms with Crippen molar-refractivity contribution in [3.05, 3.63) is 11.9 Å². The molecule has 0 aromatic carbocycles. The molecule has 5 heteroatoms. The number of hydrogen-bond donors (Lipinski definition) is 2. The Morgan fingerprint density at radius 3 is 2.76 bits per heavy atom. The van der Waals surface area contributed by atoms with E-state index in [1.165, 1.54) is 25.7 Å². The SMILES string of the molecule is Cc1nc(NN)cc(N(C)CC2CCCC2)n1. The van der Waals surface area contributed by atoms with E-state index in [4.69, 9.17) is 5.84 Å². The van der Waals surface area contributed by atoms with Gasteiger partial charge in [0.25, 0.3) is 0 Å². The van der Waals surface area contributed by atoms with Crippen molar-refractivity contribution in [2.45, 2.75) is 32.6 Å². The summed E-state index contributed by atoms with van der Waals surface area (Å²) in [6.07, 6.45) is 5.43. The lowest BCUT2D eigenvalue weighted by Crippen LogP contribution is -2.25. The highest BCUT2D eigenvalue weighted by molar-refractivity contribution is 5.48. The molecule has 1 aromatic heterocycles. The van der Waals surface area contributed by atoms with Crippen LogP contribution in [-0.4, -0.2) is 23.6 Å². The summed E-state index contributed by atoms with van der Waals surface area (Å²) in [5, 5.41) is 0. The Morgan fingerprint density at radius 2 is 2.12 bits per heavy atom. The van der Waals surface area contributed by atoms with E-state index in [0.29, 0.717) is 5.82 Å². The van der Waals surface area contributed by atoms with Crippen LogP contribution in [0.1, 0.15) is 31.5 Å². The largest absolute Gasteiger partial charge is 0.359 e. The van der Waals surface area contributed by atoms with E-state index in [-0.39, 0.29) is 0 Å². The summed E-state index contributed by atoms with van der Waals surface area (Å²) in [5.41, 5.74) is 2.58. The number of rotatable bonds is 4. The number of aromatic nitrogens is 2. The number of aryl methyl sites for hydroxylation is 1. The van der Waals surface area contributed by atoms with Crippen molar-refractivity contribution in [1.82, 2.24) is 9.97 Å². The van der Waals surface area contributed by atoms with Crippen molar-refractivity contribution in [2.24, 2.45) is 11.8 Å². The fraction of sp³-hybridized carbons (Fsp3) is 0.667. The third kappa shape index (κ3) is 3.06. The van der Waals surface area contributed by atoms with Gasteiger partial charge in [0, 0.05) is 19.7 Å². The highest BCUT2D eigenvalue weighted by atomic mass is 15.3. The fourth-order valence-corrected chi connectivity index (χ4v) is 2.50. The van der Waals surface area contributed by atoms with Crippen molar-refractivity contribution >= 4 is 11.6 Å². The molecule has 0 atom stereocenters. The van der Waals surface area contributed by atoms with E-state index < -0.39 is 0 Å². The second-order valence-electron chi connectivity index (χ2n) is 4.83. The molecule has 3 N–H and O–H groups in total. The lowest BCUT2D eigenvalue weighted by atomic mass is 10.1. The van der Waals surface area contributed by atoms with Crippen molar-refractivity contribution in [1.29, 1.82) is 0 Å². The lowest BCUT2D eigenvalue weighted by Gasteiger charge is -2.22. The number of nitrogen functional groups attached to an aromatic ring is 1. The van der Waals surface area contributed by atoms with Crippen LogP contribution < -0.4 is 16.2 Å². The van der Waals surface area contributed by atoms with E-state index in [2.05, 4.69) is 27.3 Å². The molecular formula is C12H21N5. The smallest absolute Gasteiger partial charge is 0.145 e. The number of hydrazine groups is 1. The second kappa shape index (κ2) is 5.31. The summed E-state index contributed by atoms with van der Waals surface area (Å²) >= 11 is 0. The zero-order valence-corrected chi connectivity index (χ0v) is 10.6. The zero-order valence-electron chi connectivity index (χ0n) is 10.6. The van der Waals surface area contributed by atoms with Crippen LogP contribution in [0.3, 0.4) is 0 Å². The van der Waals surface area contributed by atoms with Gasteiger partial charge in [-0.15, -0.1) is 0 Å². The average molecular weight is 235 g/mol. The van der Waals surface area contributed by atoms with E-state index in [1.807, 2.05) is 13.0 Å². The molecule has 0 spiro atoms. The summed E-state index contributed by atoms with van der Waals surface area (Å²) in [4.78, 5) is 10.8. The molecule has 5 nitrogen and oxygen atoms in total. The highest BCUT2D eigenvalue weighted by Crippen LogP contribution is 2.26. The van der Waals surface area contributed by atoms with Gasteiger partial charge in [-0.1, -0.05) is 12.8 Å². The molecule has 1 aromatic rings. The number of nitrogens with two attached hydrogens (primary N) is 1. The molecule has 0 bridgehead atoms. The molecule has 1 aliphatic rings. The molecule has 94 valence electrons. The van der Waals surface area contributed by atoms with Gasteiger partial charge >= 0.3 is 0 Å². The van der Waals surface area contributed by atoms with Gasteiger partial charge in [0.05, 0.1) is 0 Å². The number of nitrogens with zero attached hydrogens (tertiary/aromatic N) is 3. The fourth-order valence-electron chi connectivity index (χ4n) is 2.50. The summed E-state index contributed by atoms with van der Waals surface area (Å²) < 4.78 is 0. The first-order valence-corrected chi connectivity index (χ1v) is 6.22. The van der Waals surface area contributed by atoms with Gasteiger partial charge in [0.2, 0.25) is 0 Å². The Morgan fingerprint density at radius 1 is 1.41 bits per heavy atom. The summed E-state index contributed by atoms with van der Waals surface area (Å²) in [6, 6.07) is 1.89. The second-order valence-corrected chi connectivity index (χ2v) is 4.83. The van der Waals surface area contributed by atoms with Gasteiger partial charge in [-0.25, -0.2) is 15.8 Å². The summed E-state index contributed by atoms with van der Waals surface area (Å²) in [7, 11) is 2.08. The Kier molecular flexibility index (Phi) is 3.78. The van der Waals surface area contributed by atoms with E-state index >= 15 is 0 Å². The molecule has 1 saturated carbocycles. The number of hydrogen-bond acceptors (Lipinski definition) is 5. The standard InChI is InChI=1S/C12H21N5/c1-9-14-11(16-13)7-12(15-9)17(2)8-10-5-3-4-6-10/h7,10H,3-6,8,13H2,1-2H3,(H,14,15,16). The van der Waals surface area contributed by atoms with Crippen molar-refractivity contribution in [3.63, 3.8) is 0 Å². The predicted molar refractivity (Wildman–Crippen MR) is 69.8 cm³/mol. The Bertz CT molecular complexity index is 373. The third-order valence-electron chi connectivity index (χ3n) is 3.37. The normalized spacial score (nSPS) is 16.2. The van der Waals surface area contributed by atoms with Gasteiger partial charge in [0.1, 0.15) is 17.5 Å². The summed E-state index contributed by atoms with van der Waals surface area (Å²) in [6.45, 7) is 2.95. The van der Waals surface area contributed by atoms with Crippen molar-refractivity contribution in [2.75, 3.05) is 23.9 Å². The first-order valence-electron chi connectivity index (χ1n) is 6.22. The minimum Gasteiger partial charge on any atom is -0.359 e. The monoisotopic (exact) mass is 235 g/mol. The molecule has 1 fully saturated rings. The molecule has 0 saturated heterocycles. The van der Waals surface area contributed by atoms with Crippen LogP contribution in [0.4, 0.5) is 11.6 Å². The molecule has 17 heavy (non-hydrogen) atoms. The van der Waals surface area contributed by atoms with Gasteiger partial charge in [-0.3, -0.25) is 0 Å². The number of anilines is 2. The number of nitrogens with one attached hydrogen (secondary N) is 1. The van der Waals surface area contributed by atoms with Crippen LogP contribution in [-0.2, 0) is 0 Å². The molecule has 0 unspecified atom stereocenters. The van der Waals surface area contributed by atoms with Gasteiger partial charge in [-0.2, -0.15) is 0 Å². The van der Waals surface area contributed by atoms with Crippen LogP contribution in [0.15, 0.2) is 6.07 Å². The molecular weight excluding hydrogens is 214 g/mol. The molecule has 2 rings (SSSR count). The average Bonchev–Trinajstić information content (AvgIpc) is 2.81. The molecule has 0 amide bonds. The van der Waals surface area contributed by atoms with Crippen LogP contribution in [0.25, 0.3) is 0 Å². The Labute approximate surface area is 102 Å². The van der Waals surface area contributed by atoms with Gasteiger partial charge in [-0.05, 0) is 25.7 Å². The Balaban J connectivity index is 2.06. The predicted octanol–water partition coefficient (Wildman–Crippen LogP) is 1.70. The van der Waals surface area contributed by atoms with E-state index in [1.54, 1.807) is 0 Å². The first-order chi connectivity index (χ1) is 8.19. The summed E-state index contributed by atoms with van der Waals surface area (Å²) in [5.74, 6) is 8.56. The quantitative estimate of drug-likeness (QED) is 0.614. The highest BCUT2D eigenvalue weighted by Gasteiger charge is 2.17. The van der Waals surface area contributed by atoms with Crippen molar-refractivity contribution < 1.29 is 0 Å². The maximum atomic E-state index is 5.39. The zero-order chi connectivity index (χ0) is 12.3. The Hall–Kier alpha value is -1.36. The van der Waals surface area contributed by atoms with Crippen LogP contribution >= 0.6 is 0 Å². The molecule has 1 heterocycles. The van der Waals surface area contributed by atoms with E-state index in [0.717, 1.165) is 24.1 Å². The maximum Gasteiger partial charge on any atom is 0.145 e. The topological polar surface area (TPSA) is 67.1 Å². The van der Waals surface area contributed by atoms with Crippen LogP contribution in [0.5, 0.6) is 0 Å². The van der Waals surface area contributed by atoms with Crippen molar-refractivity contribution in [3.8, 4) is 0 Å². The minimum atomic E-state index is 0.672. The van der Waals surface area contributed by atoms with Crippen LogP contribution in [0.2, 0.25) is 0 Å². The molecule has 0 radical (unpaired) electrons. The van der Waals surface area contributed by atoms with E-state index in [9.17, 15) is 0 Å². The van der Waals surface area contributed by atoms with Gasteiger partial charge in [0.15, 0.2) is 0 Å². The van der Waals surface area contributed by atoms with Gasteiger partial charge < -0.3 is 10.3 Å². The minimum absolute atomic E-state index is 0.672. The third-order valence-corrected chi connectivity index (χ3v) is 3.37. The molecule has 1 aliphatic carbocycles. The maximum absolute atomic E-state index is 5.39. The molecule has 0 aliphatic heterocycles. The lowest BCUT2D eigenvalue weighted by molar-refractivity contribution is 0.544.